The van der Waals surface area contributed by atoms with Gasteiger partial charge >= 0.3 is 0 Å². The average molecular weight is 452 g/mol. The van der Waals surface area contributed by atoms with Gasteiger partial charge in [0, 0.05) is 22.4 Å². The van der Waals surface area contributed by atoms with Crippen molar-refractivity contribution in [1.82, 2.24) is 0 Å². The number of rotatable bonds is 3. The maximum Gasteiger partial charge on any atom is 0.238 e. The summed E-state index contributed by atoms with van der Waals surface area (Å²) in [7, 11) is 0. The number of halogens is 2. The van der Waals surface area contributed by atoms with Gasteiger partial charge < -0.3 is 5.32 Å². The molecule has 0 aromatic heterocycles. The van der Waals surface area contributed by atoms with E-state index in [9.17, 15) is 9.59 Å². The van der Waals surface area contributed by atoms with Gasteiger partial charge in [0.25, 0.3) is 0 Å². The first-order valence-corrected chi connectivity index (χ1v) is 9.18. The van der Waals surface area contributed by atoms with Gasteiger partial charge in [-0.25, -0.2) is 4.90 Å². The summed E-state index contributed by atoms with van der Waals surface area (Å²) < 4.78 is 1.82. The Labute approximate surface area is 157 Å². The molecule has 0 fully saturated rings. The van der Waals surface area contributed by atoms with E-state index in [1.165, 1.54) is 11.8 Å². The average Bonchev–Trinajstić information content (AvgIpc) is 2.97. The number of carbonyl (C=O) groups is 2. The van der Waals surface area contributed by atoms with Crippen LogP contribution in [-0.2, 0) is 22.4 Å². The van der Waals surface area contributed by atoms with Gasteiger partial charge in [0.05, 0.1) is 17.8 Å². The van der Waals surface area contributed by atoms with Crippen LogP contribution in [0, 0.1) is 0 Å². The molecule has 0 aliphatic carbocycles. The third kappa shape index (κ3) is 3.54. The minimum absolute atomic E-state index is 0.175. The summed E-state index contributed by atoms with van der Waals surface area (Å²) in [5.74, 6) is -0.523. The van der Waals surface area contributed by atoms with Crippen LogP contribution in [0.1, 0.15) is 18.1 Å². The molecule has 2 aromatic rings. The molecular weight excluding hydrogens is 436 g/mol. The fraction of sp³-hybridized carbons (Fsp3) is 0.222. The molecule has 4 nitrogen and oxygen atoms in total. The highest BCUT2D eigenvalue weighted by Crippen LogP contribution is 2.37. The van der Waals surface area contributed by atoms with Crippen molar-refractivity contribution in [3.05, 3.63) is 56.5 Å². The van der Waals surface area contributed by atoms with Gasteiger partial charge in [0.15, 0.2) is 0 Å². The lowest BCUT2D eigenvalue weighted by atomic mass is 10.1. The Bertz CT molecular complexity index is 803. The number of imide groups is 1. The van der Waals surface area contributed by atoms with E-state index in [1.54, 1.807) is 0 Å². The van der Waals surface area contributed by atoms with Crippen LogP contribution >= 0.6 is 31.9 Å². The maximum atomic E-state index is 12.8. The molecule has 24 heavy (non-hydrogen) atoms. The van der Waals surface area contributed by atoms with Crippen LogP contribution in [0.4, 0.5) is 11.4 Å². The van der Waals surface area contributed by atoms with Crippen LogP contribution in [0.3, 0.4) is 0 Å². The largest absolute Gasteiger partial charge is 0.383 e. The maximum absolute atomic E-state index is 12.8. The van der Waals surface area contributed by atoms with Crippen LogP contribution in [0.2, 0.25) is 0 Å². The third-order valence-electron chi connectivity index (χ3n) is 3.93. The highest BCUT2D eigenvalue weighted by molar-refractivity contribution is 9.10. The summed E-state index contributed by atoms with van der Waals surface area (Å²) in [6.45, 7) is 2.23. The summed E-state index contributed by atoms with van der Waals surface area (Å²) in [6, 6.07) is 11.4. The van der Waals surface area contributed by atoms with Crippen molar-refractivity contribution in [3.63, 3.8) is 0 Å². The minimum Gasteiger partial charge on any atom is -0.383 e. The first kappa shape index (κ1) is 17.2. The van der Waals surface area contributed by atoms with Crippen molar-refractivity contribution in [2.45, 2.75) is 19.8 Å². The van der Waals surface area contributed by atoms with E-state index in [0.717, 1.165) is 38.7 Å². The first-order chi connectivity index (χ1) is 11.5. The number of anilines is 2. The summed E-state index contributed by atoms with van der Waals surface area (Å²) in [4.78, 5) is 26.3. The van der Waals surface area contributed by atoms with E-state index in [-0.39, 0.29) is 18.2 Å². The normalized spacial score (nSPS) is 12.5. The van der Waals surface area contributed by atoms with Crippen LogP contribution in [0.15, 0.2) is 45.3 Å². The molecule has 0 unspecified atom stereocenters. The molecule has 1 aliphatic heterocycles. The zero-order valence-electron chi connectivity index (χ0n) is 13.1. The Kier molecular flexibility index (Phi) is 5.06. The SMILES string of the molecule is CC(=O)N(C(=O)Cc1ccc(Br)cc1)c1cc(Br)cc2c1NCC2. The molecule has 0 spiro atoms. The molecule has 1 N–H and O–H groups in total. The van der Waals surface area contributed by atoms with Crippen molar-refractivity contribution in [1.29, 1.82) is 0 Å². The fourth-order valence-electron chi connectivity index (χ4n) is 2.88. The second kappa shape index (κ2) is 7.07. The summed E-state index contributed by atoms with van der Waals surface area (Å²) in [5, 5.41) is 3.28. The lowest BCUT2D eigenvalue weighted by molar-refractivity contribution is -0.125. The Morgan fingerprint density at radius 2 is 1.83 bits per heavy atom. The molecule has 1 heterocycles. The number of nitrogens with zero attached hydrogens (tertiary/aromatic N) is 1. The molecule has 6 heteroatoms. The molecule has 2 amide bonds. The van der Waals surface area contributed by atoms with Gasteiger partial charge in [0.1, 0.15) is 0 Å². The number of amides is 2. The van der Waals surface area contributed by atoms with Gasteiger partial charge in [-0.2, -0.15) is 0 Å². The Morgan fingerprint density at radius 3 is 2.50 bits per heavy atom. The quantitative estimate of drug-likeness (QED) is 0.756. The molecule has 0 radical (unpaired) electrons. The van der Waals surface area contributed by atoms with Crippen LogP contribution in [0.5, 0.6) is 0 Å². The lowest BCUT2D eigenvalue weighted by Crippen LogP contribution is -2.36. The van der Waals surface area contributed by atoms with E-state index < -0.39 is 0 Å². The van der Waals surface area contributed by atoms with E-state index >= 15 is 0 Å². The predicted octanol–water partition coefficient (Wildman–Crippen LogP) is 4.30. The summed E-state index contributed by atoms with van der Waals surface area (Å²) >= 11 is 6.85. The van der Waals surface area contributed by atoms with E-state index in [0.29, 0.717) is 5.69 Å². The van der Waals surface area contributed by atoms with Crippen LogP contribution < -0.4 is 10.2 Å². The van der Waals surface area contributed by atoms with Gasteiger partial charge in [-0.05, 0) is 41.8 Å². The van der Waals surface area contributed by atoms with Gasteiger partial charge in [-0.1, -0.05) is 44.0 Å². The van der Waals surface area contributed by atoms with Crippen molar-refractivity contribution < 1.29 is 9.59 Å². The Morgan fingerprint density at radius 1 is 1.12 bits per heavy atom. The van der Waals surface area contributed by atoms with Gasteiger partial charge in [0.2, 0.25) is 11.8 Å². The molecule has 0 saturated carbocycles. The van der Waals surface area contributed by atoms with Crippen molar-refractivity contribution in [2.24, 2.45) is 0 Å². The predicted molar refractivity (Wildman–Crippen MR) is 102 cm³/mol. The Balaban J connectivity index is 1.94. The second-order valence-electron chi connectivity index (χ2n) is 5.69. The zero-order valence-corrected chi connectivity index (χ0v) is 16.3. The Hall–Kier alpha value is -1.66. The standard InChI is InChI=1S/C18H16Br2N2O2/c1-11(23)22(17(24)8-12-2-4-14(19)5-3-12)16-10-15(20)9-13-6-7-21-18(13)16/h2-5,9-10,21H,6-8H2,1H3. The molecule has 0 saturated heterocycles. The first-order valence-electron chi connectivity index (χ1n) is 7.60. The number of carbonyl (C=O) groups excluding carboxylic acids is 2. The molecular formula is C18H16Br2N2O2. The molecule has 0 atom stereocenters. The zero-order chi connectivity index (χ0) is 17.3. The minimum atomic E-state index is -0.286. The van der Waals surface area contributed by atoms with E-state index in [1.807, 2.05) is 36.4 Å². The fourth-order valence-corrected chi connectivity index (χ4v) is 3.64. The molecule has 1 aliphatic rings. The molecule has 124 valence electrons. The van der Waals surface area contributed by atoms with Gasteiger partial charge in [-0.3, -0.25) is 9.59 Å². The summed E-state index contributed by atoms with van der Waals surface area (Å²) in [6.07, 6.45) is 1.06. The van der Waals surface area contributed by atoms with Crippen LogP contribution in [0.25, 0.3) is 0 Å². The molecule has 0 bridgehead atoms. The molecule has 3 rings (SSSR count). The third-order valence-corrected chi connectivity index (χ3v) is 4.92. The topological polar surface area (TPSA) is 49.4 Å². The van der Waals surface area contributed by atoms with Gasteiger partial charge in [-0.15, -0.1) is 0 Å². The monoisotopic (exact) mass is 450 g/mol. The number of fused-ring (bicyclic) bond motifs is 1. The van der Waals surface area contributed by atoms with Crippen molar-refractivity contribution in [3.8, 4) is 0 Å². The summed E-state index contributed by atoms with van der Waals surface area (Å²) in [5.41, 5.74) is 3.47. The number of benzene rings is 2. The van der Waals surface area contributed by atoms with Crippen LogP contribution in [-0.4, -0.2) is 18.4 Å². The second-order valence-corrected chi connectivity index (χ2v) is 7.52. The smallest absolute Gasteiger partial charge is 0.238 e. The van der Waals surface area contributed by atoms with Crippen molar-refractivity contribution in [2.75, 3.05) is 16.8 Å². The van der Waals surface area contributed by atoms with E-state index in [4.69, 9.17) is 0 Å². The van der Waals surface area contributed by atoms with E-state index in [2.05, 4.69) is 37.2 Å². The number of nitrogens with one attached hydrogen (secondary N) is 1. The molecule has 2 aromatic carbocycles. The lowest BCUT2D eigenvalue weighted by Gasteiger charge is -2.22. The number of hydrogen-bond acceptors (Lipinski definition) is 3. The number of hydrogen-bond donors (Lipinski definition) is 1. The highest BCUT2D eigenvalue weighted by atomic mass is 79.9. The van der Waals surface area contributed by atoms with Crippen molar-refractivity contribution >= 4 is 55.0 Å². The highest BCUT2D eigenvalue weighted by Gasteiger charge is 2.26.